The van der Waals surface area contributed by atoms with Crippen LogP contribution < -0.4 is 11.1 Å². The van der Waals surface area contributed by atoms with Crippen LogP contribution in [0, 0.1) is 5.92 Å². The van der Waals surface area contributed by atoms with Gasteiger partial charge in [0.05, 0.1) is 0 Å². The Bertz CT molecular complexity index is 365. The lowest BCUT2D eigenvalue weighted by Crippen LogP contribution is -2.28. The Kier molecular flexibility index (Phi) is 7.46. The van der Waals surface area contributed by atoms with E-state index < -0.39 is 0 Å². The zero-order valence-corrected chi connectivity index (χ0v) is 12.5. The molecule has 1 aromatic rings. The molecule has 1 aromatic carbocycles. The van der Waals surface area contributed by atoms with E-state index >= 15 is 0 Å². The Hall–Kier alpha value is -1.12. The standard InChI is InChI=1S/C17H28N2/c1-4-5-6-11-19-17(13-18)16-9-7-15(8-10-16)12-14(2)3/h4-5,7-10,14,17,19H,6,11-13,18H2,1-3H3/b5-4+. The number of allylic oxidation sites excluding steroid dienone is 1. The Labute approximate surface area is 118 Å². The molecule has 2 heteroatoms. The lowest BCUT2D eigenvalue weighted by molar-refractivity contribution is 0.548. The second kappa shape index (κ2) is 8.89. The maximum Gasteiger partial charge on any atom is 0.0444 e. The van der Waals surface area contributed by atoms with Gasteiger partial charge in [-0.2, -0.15) is 0 Å². The molecule has 0 aliphatic rings. The maximum atomic E-state index is 5.86. The average Bonchev–Trinajstić information content (AvgIpc) is 2.40. The number of hydrogen-bond donors (Lipinski definition) is 2. The number of benzene rings is 1. The van der Waals surface area contributed by atoms with Gasteiger partial charge in [0, 0.05) is 12.6 Å². The minimum Gasteiger partial charge on any atom is -0.329 e. The van der Waals surface area contributed by atoms with Gasteiger partial charge in [0.15, 0.2) is 0 Å². The number of hydrogen-bond acceptors (Lipinski definition) is 2. The SMILES string of the molecule is C/C=C/CCNC(CN)c1ccc(CC(C)C)cc1. The highest BCUT2D eigenvalue weighted by Gasteiger charge is 2.08. The van der Waals surface area contributed by atoms with Crippen molar-refractivity contribution in [3.63, 3.8) is 0 Å². The van der Waals surface area contributed by atoms with Crippen molar-refractivity contribution in [3.8, 4) is 0 Å². The van der Waals surface area contributed by atoms with Crippen LogP contribution in [0.1, 0.15) is 44.4 Å². The van der Waals surface area contributed by atoms with Crippen LogP contribution in [0.2, 0.25) is 0 Å². The molecule has 1 unspecified atom stereocenters. The fraction of sp³-hybridized carbons (Fsp3) is 0.529. The highest BCUT2D eigenvalue weighted by Crippen LogP contribution is 2.15. The van der Waals surface area contributed by atoms with Gasteiger partial charge in [0.1, 0.15) is 0 Å². The van der Waals surface area contributed by atoms with E-state index in [1.807, 2.05) is 6.92 Å². The first-order chi connectivity index (χ1) is 9.17. The summed E-state index contributed by atoms with van der Waals surface area (Å²) in [4.78, 5) is 0. The highest BCUT2D eigenvalue weighted by molar-refractivity contribution is 5.25. The molecule has 0 aliphatic heterocycles. The summed E-state index contributed by atoms with van der Waals surface area (Å²) in [6, 6.07) is 9.13. The molecular formula is C17H28N2. The van der Waals surface area contributed by atoms with Crippen LogP contribution in [0.3, 0.4) is 0 Å². The Morgan fingerprint density at radius 2 is 1.89 bits per heavy atom. The van der Waals surface area contributed by atoms with Gasteiger partial charge in [-0.25, -0.2) is 0 Å². The Morgan fingerprint density at radius 1 is 1.21 bits per heavy atom. The predicted octanol–water partition coefficient (Wildman–Crippen LogP) is 3.44. The number of rotatable bonds is 8. The molecule has 0 saturated carbocycles. The van der Waals surface area contributed by atoms with Gasteiger partial charge >= 0.3 is 0 Å². The van der Waals surface area contributed by atoms with Crippen LogP contribution in [0.25, 0.3) is 0 Å². The van der Waals surface area contributed by atoms with E-state index in [0.717, 1.165) is 19.4 Å². The van der Waals surface area contributed by atoms with Crippen molar-refractivity contribution in [2.45, 2.75) is 39.7 Å². The minimum atomic E-state index is 0.262. The number of nitrogens with two attached hydrogens (primary N) is 1. The van der Waals surface area contributed by atoms with Gasteiger partial charge in [-0.15, -0.1) is 0 Å². The molecule has 19 heavy (non-hydrogen) atoms. The molecule has 2 nitrogen and oxygen atoms in total. The second-order valence-electron chi connectivity index (χ2n) is 5.44. The van der Waals surface area contributed by atoms with Crippen molar-refractivity contribution < 1.29 is 0 Å². The van der Waals surface area contributed by atoms with Crippen molar-refractivity contribution in [2.75, 3.05) is 13.1 Å². The van der Waals surface area contributed by atoms with Crippen molar-refractivity contribution in [3.05, 3.63) is 47.5 Å². The van der Waals surface area contributed by atoms with E-state index in [9.17, 15) is 0 Å². The summed E-state index contributed by atoms with van der Waals surface area (Å²) in [5.74, 6) is 0.704. The normalized spacial score (nSPS) is 13.3. The summed E-state index contributed by atoms with van der Waals surface area (Å²) in [5, 5.41) is 3.50. The second-order valence-corrected chi connectivity index (χ2v) is 5.44. The fourth-order valence-corrected chi connectivity index (χ4v) is 2.20. The van der Waals surface area contributed by atoms with Gasteiger partial charge in [-0.3, -0.25) is 0 Å². The molecule has 0 spiro atoms. The van der Waals surface area contributed by atoms with E-state index in [1.54, 1.807) is 0 Å². The van der Waals surface area contributed by atoms with Crippen LogP contribution in [-0.2, 0) is 6.42 Å². The lowest BCUT2D eigenvalue weighted by Gasteiger charge is -2.17. The zero-order chi connectivity index (χ0) is 14.1. The summed E-state index contributed by atoms with van der Waals surface area (Å²) >= 11 is 0. The zero-order valence-electron chi connectivity index (χ0n) is 12.5. The van der Waals surface area contributed by atoms with Crippen LogP contribution in [-0.4, -0.2) is 13.1 Å². The first-order valence-corrected chi connectivity index (χ1v) is 7.30. The van der Waals surface area contributed by atoms with E-state index in [-0.39, 0.29) is 6.04 Å². The molecule has 0 amide bonds. The van der Waals surface area contributed by atoms with E-state index in [4.69, 9.17) is 5.73 Å². The third kappa shape index (κ3) is 6.04. The Balaban J connectivity index is 2.55. The van der Waals surface area contributed by atoms with Gasteiger partial charge < -0.3 is 11.1 Å². The average molecular weight is 260 g/mol. The van der Waals surface area contributed by atoms with Crippen molar-refractivity contribution in [1.29, 1.82) is 0 Å². The quantitative estimate of drug-likeness (QED) is 0.555. The van der Waals surface area contributed by atoms with E-state index in [0.29, 0.717) is 12.5 Å². The molecule has 0 bridgehead atoms. The molecule has 0 aliphatic carbocycles. The van der Waals surface area contributed by atoms with Gasteiger partial charge in [-0.1, -0.05) is 50.3 Å². The molecule has 0 fully saturated rings. The molecule has 0 radical (unpaired) electrons. The first kappa shape index (κ1) is 15.9. The molecule has 1 atom stereocenters. The topological polar surface area (TPSA) is 38.0 Å². The molecule has 0 heterocycles. The molecule has 106 valence electrons. The molecule has 3 N–H and O–H groups in total. The smallest absolute Gasteiger partial charge is 0.0444 e. The monoisotopic (exact) mass is 260 g/mol. The van der Waals surface area contributed by atoms with Crippen LogP contribution in [0.15, 0.2) is 36.4 Å². The van der Waals surface area contributed by atoms with Crippen molar-refractivity contribution in [1.82, 2.24) is 5.32 Å². The summed E-state index contributed by atoms with van der Waals surface area (Å²) in [5.41, 5.74) is 8.55. The third-order valence-corrected chi connectivity index (χ3v) is 3.20. The lowest BCUT2D eigenvalue weighted by atomic mass is 9.99. The fourth-order valence-electron chi connectivity index (χ4n) is 2.20. The molecule has 0 aromatic heterocycles. The van der Waals surface area contributed by atoms with Gasteiger partial charge in [-0.05, 0) is 43.4 Å². The minimum absolute atomic E-state index is 0.262. The molecule has 1 rings (SSSR count). The van der Waals surface area contributed by atoms with Crippen LogP contribution >= 0.6 is 0 Å². The summed E-state index contributed by atoms with van der Waals surface area (Å²) in [7, 11) is 0. The first-order valence-electron chi connectivity index (χ1n) is 7.30. The van der Waals surface area contributed by atoms with Crippen LogP contribution in [0.5, 0.6) is 0 Å². The third-order valence-electron chi connectivity index (χ3n) is 3.20. The predicted molar refractivity (Wildman–Crippen MR) is 84.2 cm³/mol. The van der Waals surface area contributed by atoms with Gasteiger partial charge in [0.2, 0.25) is 0 Å². The summed E-state index contributed by atoms with van der Waals surface area (Å²) in [6.07, 6.45) is 6.45. The maximum absolute atomic E-state index is 5.86. The largest absolute Gasteiger partial charge is 0.329 e. The van der Waals surface area contributed by atoms with Gasteiger partial charge in [0.25, 0.3) is 0 Å². The molecular weight excluding hydrogens is 232 g/mol. The number of nitrogens with one attached hydrogen (secondary N) is 1. The Morgan fingerprint density at radius 3 is 2.42 bits per heavy atom. The van der Waals surface area contributed by atoms with E-state index in [1.165, 1.54) is 11.1 Å². The van der Waals surface area contributed by atoms with E-state index in [2.05, 4.69) is 55.6 Å². The van der Waals surface area contributed by atoms with Crippen molar-refractivity contribution >= 4 is 0 Å². The summed E-state index contributed by atoms with van der Waals surface area (Å²) in [6.45, 7) is 8.16. The summed E-state index contributed by atoms with van der Waals surface area (Å²) < 4.78 is 0. The highest BCUT2D eigenvalue weighted by atomic mass is 14.9. The molecule has 0 saturated heterocycles. The van der Waals surface area contributed by atoms with Crippen molar-refractivity contribution in [2.24, 2.45) is 11.7 Å². The van der Waals surface area contributed by atoms with Crippen LogP contribution in [0.4, 0.5) is 0 Å².